The zero-order valence-corrected chi connectivity index (χ0v) is 9.35. The van der Waals surface area contributed by atoms with Crippen molar-refractivity contribution in [1.29, 1.82) is 0 Å². The van der Waals surface area contributed by atoms with Gasteiger partial charge in [-0.05, 0) is 36.8 Å². The zero-order chi connectivity index (χ0) is 11.4. The molecule has 0 spiro atoms. The molecule has 5 heteroatoms. The molecule has 0 radical (unpaired) electrons. The van der Waals surface area contributed by atoms with Crippen LogP contribution in [0.5, 0.6) is 0 Å². The van der Waals surface area contributed by atoms with E-state index in [9.17, 15) is 4.79 Å². The third-order valence-corrected chi connectivity index (χ3v) is 2.01. The van der Waals surface area contributed by atoms with Crippen LogP contribution in [0.1, 0.15) is 15.9 Å². The number of hydrogen-bond acceptors (Lipinski definition) is 3. The van der Waals surface area contributed by atoms with Crippen LogP contribution in [0.2, 0.25) is 0 Å². The van der Waals surface area contributed by atoms with Gasteiger partial charge >= 0.3 is 5.97 Å². The highest BCUT2D eigenvalue weighted by atomic mass is 32.1. The number of anilines is 1. The number of nitrogens with one attached hydrogen (secondary N) is 1. The molecule has 1 aromatic rings. The summed E-state index contributed by atoms with van der Waals surface area (Å²) < 4.78 is 4.65. The smallest absolute Gasteiger partial charge is 0.338 e. The summed E-state index contributed by atoms with van der Waals surface area (Å²) in [6, 6.07) is 5.24. The van der Waals surface area contributed by atoms with Crippen molar-refractivity contribution in [3.8, 4) is 0 Å². The van der Waals surface area contributed by atoms with Crippen LogP contribution >= 0.6 is 12.2 Å². The van der Waals surface area contributed by atoms with E-state index >= 15 is 0 Å². The standard InChI is InChI=1S/C10H12N2O2S/c1-6-3-4-7(12-10(11)15)5-8(6)9(13)14-2/h3-5H,1-2H3,(H3,11,12,15). The van der Waals surface area contributed by atoms with Gasteiger partial charge in [-0.2, -0.15) is 0 Å². The molecule has 3 N–H and O–H groups in total. The highest BCUT2D eigenvalue weighted by molar-refractivity contribution is 7.80. The largest absolute Gasteiger partial charge is 0.465 e. The Balaban J connectivity index is 3.05. The molecule has 0 aliphatic carbocycles. The Morgan fingerprint density at radius 1 is 1.53 bits per heavy atom. The van der Waals surface area contributed by atoms with E-state index < -0.39 is 0 Å². The number of benzene rings is 1. The highest BCUT2D eigenvalue weighted by Gasteiger charge is 2.09. The summed E-state index contributed by atoms with van der Waals surface area (Å²) in [7, 11) is 1.34. The van der Waals surface area contributed by atoms with Gasteiger partial charge in [-0.15, -0.1) is 0 Å². The maximum absolute atomic E-state index is 11.4. The number of esters is 1. The fourth-order valence-corrected chi connectivity index (χ4v) is 1.29. The monoisotopic (exact) mass is 224 g/mol. The van der Waals surface area contributed by atoms with Crippen LogP contribution in [0.4, 0.5) is 5.69 Å². The SMILES string of the molecule is COC(=O)c1cc(NC(N)=S)ccc1C. The minimum absolute atomic E-state index is 0.162. The van der Waals surface area contributed by atoms with Gasteiger partial charge in [0.15, 0.2) is 5.11 Å². The van der Waals surface area contributed by atoms with Crippen molar-refractivity contribution in [3.05, 3.63) is 29.3 Å². The third kappa shape index (κ3) is 2.92. The first-order valence-electron chi connectivity index (χ1n) is 4.30. The summed E-state index contributed by atoms with van der Waals surface area (Å²) in [5.74, 6) is -0.376. The second-order valence-corrected chi connectivity index (χ2v) is 3.45. The summed E-state index contributed by atoms with van der Waals surface area (Å²) in [6.07, 6.45) is 0. The van der Waals surface area contributed by atoms with Crippen LogP contribution < -0.4 is 11.1 Å². The zero-order valence-electron chi connectivity index (χ0n) is 8.53. The fourth-order valence-electron chi connectivity index (χ4n) is 1.17. The van der Waals surface area contributed by atoms with E-state index in [2.05, 4.69) is 10.1 Å². The number of methoxy groups -OCH3 is 1. The Morgan fingerprint density at radius 3 is 2.73 bits per heavy atom. The minimum Gasteiger partial charge on any atom is -0.465 e. The van der Waals surface area contributed by atoms with Gasteiger partial charge in [-0.3, -0.25) is 0 Å². The molecule has 0 saturated carbocycles. The van der Waals surface area contributed by atoms with E-state index in [1.807, 2.05) is 6.92 Å². The van der Waals surface area contributed by atoms with Crippen molar-refractivity contribution in [1.82, 2.24) is 0 Å². The van der Waals surface area contributed by atoms with E-state index in [4.69, 9.17) is 18.0 Å². The molecule has 0 amide bonds. The normalized spacial score (nSPS) is 9.47. The van der Waals surface area contributed by atoms with Gasteiger partial charge in [0.05, 0.1) is 12.7 Å². The Hall–Kier alpha value is -1.62. The van der Waals surface area contributed by atoms with Crippen molar-refractivity contribution >= 4 is 29.0 Å². The summed E-state index contributed by atoms with van der Waals surface area (Å²) in [5, 5.41) is 2.91. The summed E-state index contributed by atoms with van der Waals surface area (Å²) in [5.41, 5.74) is 7.34. The number of ether oxygens (including phenoxy) is 1. The number of thiocarbonyl (C=S) groups is 1. The first-order valence-corrected chi connectivity index (χ1v) is 4.71. The first kappa shape index (κ1) is 11.5. The molecule has 1 rings (SSSR count). The van der Waals surface area contributed by atoms with Gasteiger partial charge in [-0.1, -0.05) is 6.07 Å². The molecular weight excluding hydrogens is 212 g/mol. The molecule has 0 bridgehead atoms. The number of aryl methyl sites for hydroxylation is 1. The van der Waals surface area contributed by atoms with Crippen molar-refractivity contribution in [3.63, 3.8) is 0 Å². The Morgan fingerprint density at radius 2 is 2.20 bits per heavy atom. The molecule has 1 aromatic carbocycles. The number of nitrogens with two attached hydrogens (primary N) is 1. The molecule has 0 heterocycles. The second-order valence-electron chi connectivity index (χ2n) is 3.01. The lowest BCUT2D eigenvalue weighted by molar-refractivity contribution is 0.0600. The molecule has 0 saturated heterocycles. The van der Waals surface area contributed by atoms with Crippen LogP contribution in [0, 0.1) is 6.92 Å². The highest BCUT2D eigenvalue weighted by Crippen LogP contribution is 2.15. The molecule has 0 aromatic heterocycles. The Bertz CT molecular complexity index is 404. The van der Waals surface area contributed by atoms with Crippen LogP contribution in [0.3, 0.4) is 0 Å². The molecule has 4 nitrogen and oxygen atoms in total. The average Bonchev–Trinajstić information content (AvgIpc) is 2.19. The van der Waals surface area contributed by atoms with Gasteiger partial charge in [-0.25, -0.2) is 4.79 Å². The van der Waals surface area contributed by atoms with Crippen LogP contribution in [0.25, 0.3) is 0 Å². The van der Waals surface area contributed by atoms with Crippen LogP contribution in [-0.2, 0) is 4.74 Å². The first-order chi connectivity index (χ1) is 7.04. The van der Waals surface area contributed by atoms with Crippen molar-refractivity contribution in [2.45, 2.75) is 6.92 Å². The molecule has 0 aliphatic heterocycles. The number of hydrogen-bond donors (Lipinski definition) is 2. The van der Waals surface area contributed by atoms with Crippen molar-refractivity contribution < 1.29 is 9.53 Å². The second kappa shape index (κ2) is 4.75. The quantitative estimate of drug-likeness (QED) is 0.588. The maximum Gasteiger partial charge on any atom is 0.338 e. The summed E-state index contributed by atoms with van der Waals surface area (Å²) in [4.78, 5) is 11.4. The maximum atomic E-state index is 11.4. The predicted molar refractivity (Wildman–Crippen MR) is 62.9 cm³/mol. The number of rotatable bonds is 2. The van der Waals surface area contributed by atoms with Crippen molar-refractivity contribution in [2.24, 2.45) is 5.73 Å². The van der Waals surface area contributed by atoms with Gasteiger partial charge < -0.3 is 15.8 Å². The molecular formula is C10H12N2O2S. The molecule has 15 heavy (non-hydrogen) atoms. The molecule has 0 fully saturated rings. The molecule has 0 aliphatic rings. The lowest BCUT2D eigenvalue weighted by Crippen LogP contribution is -2.19. The van der Waals surface area contributed by atoms with Crippen LogP contribution in [0.15, 0.2) is 18.2 Å². The molecule has 0 unspecified atom stereocenters. The Labute approximate surface area is 93.4 Å². The van der Waals surface area contributed by atoms with E-state index in [1.165, 1.54) is 7.11 Å². The van der Waals surface area contributed by atoms with E-state index in [-0.39, 0.29) is 11.1 Å². The summed E-state index contributed by atoms with van der Waals surface area (Å²) >= 11 is 4.70. The van der Waals surface area contributed by atoms with Gasteiger partial charge in [0, 0.05) is 5.69 Å². The Kier molecular flexibility index (Phi) is 3.62. The third-order valence-electron chi connectivity index (χ3n) is 1.91. The van der Waals surface area contributed by atoms with Crippen molar-refractivity contribution in [2.75, 3.05) is 12.4 Å². The van der Waals surface area contributed by atoms with E-state index in [1.54, 1.807) is 18.2 Å². The predicted octanol–water partition coefficient (Wildman–Crippen LogP) is 1.44. The minimum atomic E-state index is -0.376. The molecule has 0 atom stereocenters. The lowest BCUT2D eigenvalue weighted by atomic mass is 10.1. The lowest BCUT2D eigenvalue weighted by Gasteiger charge is -2.08. The van der Waals surface area contributed by atoms with E-state index in [0.29, 0.717) is 11.3 Å². The average molecular weight is 224 g/mol. The fraction of sp³-hybridized carbons (Fsp3) is 0.200. The van der Waals surface area contributed by atoms with Gasteiger partial charge in [0.25, 0.3) is 0 Å². The topological polar surface area (TPSA) is 64.3 Å². The van der Waals surface area contributed by atoms with Gasteiger partial charge in [0.2, 0.25) is 0 Å². The van der Waals surface area contributed by atoms with E-state index in [0.717, 1.165) is 5.56 Å². The number of carbonyl (C=O) groups excluding carboxylic acids is 1. The number of carbonyl (C=O) groups is 1. The van der Waals surface area contributed by atoms with Crippen LogP contribution in [-0.4, -0.2) is 18.2 Å². The summed E-state index contributed by atoms with van der Waals surface area (Å²) in [6.45, 7) is 1.83. The van der Waals surface area contributed by atoms with Gasteiger partial charge in [0.1, 0.15) is 0 Å². The molecule has 80 valence electrons.